The zero-order valence-electron chi connectivity index (χ0n) is 21.6. The maximum atomic E-state index is 13.2. The van der Waals surface area contributed by atoms with Crippen LogP contribution in [0.5, 0.6) is 0 Å². The largest absolute Gasteiger partial charge is 0.417 e. The van der Waals surface area contributed by atoms with Gasteiger partial charge in [-0.25, -0.2) is 8.77 Å². The molecule has 1 aliphatic rings. The number of benzene rings is 2. The van der Waals surface area contributed by atoms with E-state index in [9.17, 15) is 26.4 Å². The number of amides is 2. The van der Waals surface area contributed by atoms with E-state index >= 15 is 0 Å². The summed E-state index contributed by atoms with van der Waals surface area (Å²) in [6.07, 6.45) is 2.37. The van der Waals surface area contributed by atoms with Gasteiger partial charge >= 0.3 is 22.4 Å². The van der Waals surface area contributed by atoms with Gasteiger partial charge in [-0.1, -0.05) is 12.1 Å². The van der Waals surface area contributed by atoms with Gasteiger partial charge in [-0.05, 0) is 90.5 Å². The minimum atomic E-state index is -4.54. The number of anilines is 2. The van der Waals surface area contributed by atoms with E-state index in [0.29, 0.717) is 40.8 Å². The van der Waals surface area contributed by atoms with Crippen molar-refractivity contribution >= 4 is 61.1 Å². The summed E-state index contributed by atoms with van der Waals surface area (Å²) in [5, 5.41) is 5.64. The average Bonchev–Trinajstić information content (AvgIpc) is 3.58. The molecule has 1 fully saturated rings. The summed E-state index contributed by atoms with van der Waals surface area (Å²) in [6.45, 7) is 2.88. The van der Waals surface area contributed by atoms with Gasteiger partial charge in [-0.3, -0.25) is 4.98 Å². The summed E-state index contributed by atoms with van der Waals surface area (Å²) < 4.78 is 69.8. The number of nitrogens with zero attached hydrogens (tertiary/aromatic N) is 3. The first-order valence-corrected chi connectivity index (χ1v) is 15.3. The molecule has 41 heavy (non-hydrogen) atoms. The van der Waals surface area contributed by atoms with Crippen LogP contribution < -0.4 is 15.4 Å². The number of fused-ring (bicyclic) bond motifs is 1. The highest BCUT2D eigenvalue weighted by atomic mass is 127. The summed E-state index contributed by atoms with van der Waals surface area (Å²) >= 11 is 1.59. The van der Waals surface area contributed by atoms with Crippen molar-refractivity contribution in [1.82, 2.24) is 18.6 Å². The third-order valence-electron chi connectivity index (χ3n) is 6.73. The topological polar surface area (TPSA) is 108 Å². The standard InChI is InChI=1S/C27H26F3IN6O3S/c28-27(29,30)23-15-20(7-8-24(23)31)35-26(38)34-19-5-3-18(4-6-19)22-17-37(25-9-10-32-16-21(22)25)41(39,40)33-11-14-36-12-1-2-13-36/h3-10,15-17,33H,1-2,11-14H2,(H2,34,35,38). The van der Waals surface area contributed by atoms with E-state index in [1.165, 1.54) is 28.5 Å². The Morgan fingerprint density at radius 2 is 1.68 bits per heavy atom. The monoisotopic (exact) mass is 698 g/mol. The van der Waals surface area contributed by atoms with Gasteiger partial charge in [-0.2, -0.15) is 26.3 Å². The minimum Gasteiger partial charge on any atom is -0.308 e. The van der Waals surface area contributed by atoms with E-state index in [1.54, 1.807) is 59.1 Å². The normalized spacial score (nSPS) is 14.4. The van der Waals surface area contributed by atoms with Crippen LogP contribution in [0.3, 0.4) is 0 Å². The molecule has 0 bridgehead atoms. The van der Waals surface area contributed by atoms with Gasteiger partial charge in [0.25, 0.3) is 0 Å². The summed E-state index contributed by atoms with van der Waals surface area (Å²) in [5.74, 6) is 0. The van der Waals surface area contributed by atoms with Crippen molar-refractivity contribution in [2.45, 2.75) is 19.0 Å². The van der Waals surface area contributed by atoms with Gasteiger partial charge in [0.05, 0.1) is 11.1 Å². The molecule has 2 aromatic heterocycles. The zero-order chi connectivity index (χ0) is 29.2. The van der Waals surface area contributed by atoms with Gasteiger partial charge in [0.1, 0.15) is 0 Å². The number of alkyl halides is 3. The number of aromatic nitrogens is 2. The Kier molecular flexibility index (Phi) is 8.54. The highest BCUT2D eigenvalue weighted by molar-refractivity contribution is 14.1. The predicted molar refractivity (Wildman–Crippen MR) is 160 cm³/mol. The fourth-order valence-corrected chi connectivity index (χ4v) is 6.52. The summed E-state index contributed by atoms with van der Waals surface area (Å²) in [4.78, 5) is 18.8. The van der Waals surface area contributed by atoms with Crippen molar-refractivity contribution in [3.05, 3.63) is 76.3 Å². The van der Waals surface area contributed by atoms with Crippen molar-refractivity contribution in [1.29, 1.82) is 0 Å². The lowest BCUT2D eigenvalue weighted by Crippen LogP contribution is -2.36. The molecule has 3 heterocycles. The Balaban J connectivity index is 1.30. The second-order valence-electron chi connectivity index (χ2n) is 9.53. The SMILES string of the molecule is O=C(Nc1ccc(-c2cn(S(=O)(=O)NCCN3CCCC3)c3ccncc23)cc1)Nc1ccc(I)c(C(F)(F)F)c1. The van der Waals surface area contributed by atoms with Gasteiger partial charge in [0.2, 0.25) is 0 Å². The fraction of sp³-hybridized carbons (Fsp3) is 0.259. The van der Waals surface area contributed by atoms with E-state index in [4.69, 9.17) is 0 Å². The van der Waals surface area contributed by atoms with Crippen LogP contribution in [0.1, 0.15) is 18.4 Å². The molecule has 0 unspecified atom stereocenters. The van der Waals surface area contributed by atoms with E-state index in [2.05, 4.69) is 25.2 Å². The Hall–Kier alpha value is -3.21. The lowest BCUT2D eigenvalue weighted by molar-refractivity contribution is -0.138. The van der Waals surface area contributed by atoms with Gasteiger partial charge in [-0.15, -0.1) is 0 Å². The maximum absolute atomic E-state index is 13.2. The van der Waals surface area contributed by atoms with E-state index in [0.717, 1.165) is 32.0 Å². The maximum Gasteiger partial charge on any atom is 0.417 e. The molecule has 9 nitrogen and oxygen atoms in total. The lowest BCUT2D eigenvalue weighted by atomic mass is 10.1. The van der Waals surface area contributed by atoms with Crippen LogP contribution in [-0.2, 0) is 16.4 Å². The molecule has 0 aliphatic carbocycles. The molecule has 0 spiro atoms. The van der Waals surface area contributed by atoms with Crippen molar-refractivity contribution in [3.63, 3.8) is 0 Å². The molecule has 5 rings (SSSR count). The number of pyridine rings is 1. The molecule has 1 saturated heterocycles. The number of urea groups is 1. The zero-order valence-corrected chi connectivity index (χ0v) is 24.6. The first kappa shape index (κ1) is 29.3. The number of hydrogen-bond donors (Lipinski definition) is 3. The second kappa shape index (κ2) is 12.0. The van der Waals surface area contributed by atoms with Crippen molar-refractivity contribution < 1.29 is 26.4 Å². The number of carbonyl (C=O) groups excluding carboxylic acids is 1. The fourth-order valence-electron chi connectivity index (χ4n) is 4.73. The molecule has 4 aromatic rings. The molecule has 2 amide bonds. The Labute approximate surface area is 248 Å². The Bertz CT molecular complexity index is 1670. The first-order valence-electron chi connectivity index (χ1n) is 12.7. The third kappa shape index (κ3) is 6.82. The Morgan fingerprint density at radius 3 is 2.39 bits per heavy atom. The first-order chi connectivity index (χ1) is 19.5. The molecular formula is C27H26F3IN6O3S. The lowest BCUT2D eigenvalue weighted by Gasteiger charge is -2.15. The highest BCUT2D eigenvalue weighted by Crippen LogP contribution is 2.35. The molecule has 0 atom stereocenters. The molecule has 14 heteroatoms. The van der Waals surface area contributed by atoms with Gasteiger partial charge in [0.15, 0.2) is 0 Å². The number of hydrogen-bond acceptors (Lipinski definition) is 5. The van der Waals surface area contributed by atoms with Gasteiger partial charge in [0, 0.05) is 57.6 Å². The van der Waals surface area contributed by atoms with Gasteiger partial charge < -0.3 is 15.5 Å². The smallest absolute Gasteiger partial charge is 0.308 e. The van der Waals surface area contributed by atoms with Crippen molar-refractivity contribution in [2.75, 3.05) is 36.8 Å². The quantitative estimate of drug-likeness (QED) is 0.203. The highest BCUT2D eigenvalue weighted by Gasteiger charge is 2.33. The van der Waals surface area contributed by atoms with Crippen LogP contribution in [0.15, 0.2) is 67.1 Å². The number of rotatable bonds is 8. The molecule has 2 aromatic carbocycles. The summed E-state index contributed by atoms with van der Waals surface area (Å²) in [5.41, 5.74) is 1.35. The predicted octanol–water partition coefficient (Wildman–Crippen LogP) is 5.75. The van der Waals surface area contributed by atoms with Crippen molar-refractivity contribution in [2.24, 2.45) is 0 Å². The number of nitrogens with one attached hydrogen (secondary N) is 3. The number of halogens is 4. The molecule has 0 saturated carbocycles. The minimum absolute atomic E-state index is 0.00224. The van der Waals surface area contributed by atoms with Crippen LogP contribution in [0.4, 0.5) is 29.3 Å². The molecule has 216 valence electrons. The number of likely N-dealkylation sites (tertiary alicyclic amines) is 1. The summed E-state index contributed by atoms with van der Waals surface area (Å²) in [6, 6.07) is 11.1. The Morgan fingerprint density at radius 1 is 1.00 bits per heavy atom. The van der Waals surface area contributed by atoms with E-state index < -0.39 is 28.0 Å². The van der Waals surface area contributed by atoms with E-state index in [-0.39, 0.29) is 9.26 Å². The molecule has 1 aliphatic heterocycles. The van der Waals surface area contributed by atoms with Crippen LogP contribution in [-0.4, -0.2) is 54.5 Å². The number of carbonyl (C=O) groups is 1. The van der Waals surface area contributed by atoms with Crippen LogP contribution in [0.25, 0.3) is 22.0 Å². The summed E-state index contributed by atoms with van der Waals surface area (Å²) in [7, 11) is -3.86. The third-order valence-corrected chi connectivity index (χ3v) is 9.06. The van der Waals surface area contributed by atoms with Crippen molar-refractivity contribution in [3.8, 4) is 11.1 Å². The van der Waals surface area contributed by atoms with Crippen LogP contribution in [0.2, 0.25) is 0 Å². The molecular weight excluding hydrogens is 672 g/mol. The molecule has 0 radical (unpaired) electrons. The average molecular weight is 699 g/mol. The second-order valence-corrected chi connectivity index (χ2v) is 12.3. The molecule has 3 N–H and O–H groups in total. The van der Waals surface area contributed by atoms with Crippen LogP contribution in [0, 0.1) is 3.57 Å². The van der Waals surface area contributed by atoms with E-state index in [1.807, 2.05) is 0 Å². The van der Waals surface area contributed by atoms with Crippen LogP contribution >= 0.6 is 22.6 Å².